The maximum atomic E-state index is 14.2. The number of carbonyl (C=O) groups is 2. The molecule has 2 amide bonds. The predicted molar refractivity (Wildman–Crippen MR) is 175 cm³/mol. The quantitative estimate of drug-likeness (QED) is 0.326. The summed E-state index contributed by atoms with van der Waals surface area (Å²) in [4.78, 5) is 31.2. The summed E-state index contributed by atoms with van der Waals surface area (Å²) in [5.41, 5.74) is 6.92. The fourth-order valence-corrected chi connectivity index (χ4v) is 7.97. The summed E-state index contributed by atoms with van der Waals surface area (Å²) in [6, 6.07) is 8.42. The molecule has 0 spiro atoms. The van der Waals surface area contributed by atoms with Crippen LogP contribution in [-0.4, -0.2) is 81.8 Å². The van der Waals surface area contributed by atoms with Gasteiger partial charge in [0.2, 0.25) is 11.7 Å². The highest BCUT2D eigenvalue weighted by molar-refractivity contribution is 6.42. The normalized spacial score (nSPS) is 22.6. The van der Waals surface area contributed by atoms with Crippen LogP contribution in [-0.2, 0) is 9.53 Å². The van der Waals surface area contributed by atoms with E-state index in [9.17, 15) is 9.59 Å². The minimum Gasteiger partial charge on any atom is -0.493 e. The number of ether oxygens (including phenoxy) is 4. The van der Waals surface area contributed by atoms with E-state index in [0.29, 0.717) is 58.3 Å². The first-order chi connectivity index (χ1) is 21.7. The number of hydrogen-bond donors (Lipinski definition) is 1. The van der Waals surface area contributed by atoms with Gasteiger partial charge in [0.15, 0.2) is 11.5 Å². The molecule has 45 heavy (non-hydrogen) atoms. The molecule has 2 aromatic carbocycles. The largest absolute Gasteiger partial charge is 0.493 e. The van der Waals surface area contributed by atoms with Crippen LogP contribution in [0.15, 0.2) is 30.3 Å². The van der Waals surface area contributed by atoms with Gasteiger partial charge < -0.3 is 34.5 Å². The zero-order valence-electron chi connectivity index (χ0n) is 26.5. The Bertz CT molecular complexity index is 1330. The summed E-state index contributed by atoms with van der Waals surface area (Å²) in [5, 5.41) is 0.862. The van der Waals surface area contributed by atoms with Crippen LogP contribution < -0.4 is 19.9 Å². The molecule has 0 aromatic heterocycles. The molecule has 0 bridgehead atoms. The molecule has 3 fully saturated rings. The maximum absolute atomic E-state index is 14.2. The summed E-state index contributed by atoms with van der Waals surface area (Å²) in [6.45, 7) is 3.19. The molecule has 2 heterocycles. The highest BCUT2D eigenvalue weighted by atomic mass is 35.5. The highest BCUT2D eigenvalue weighted by Crippen LogP contribution is 2.46. The average molecular weight is 663 g/mol. The molecule has 9 nitrogen and oxygen atoms in total. The number of piperidine rings is 1. The van der Waals surface area contributed by atoms with Crippen LogP contribution >= 0.6 is 23.2 Å². The van der Waals surface area contributed by atoms with Gasteiger partial charge in [0.25, 0.3) is 5.91 Å². The lowest BCUT2D eigenvalue weighted by atomic mass is 9.63. The lowest BCUT2D eigenvalue weighted by Gasteiger charge is -2.46. The van der Waals surface area contributed by atoms with E-state index in [2.05, 4.69) is 4.90 Å². The van der Waals surface area contributed by atoms with Crippen LogP contribution in [0, 0.1) is 11.3 Å². The molecule has 2 atom stereocenters. The summed E-state index contributed by atoms with van der Waals surface area (Å²) >= 11 is 12.8. The molecule has 1 aliphatic carbocycles. The standard InChI is InChI=1S/C34H45Cl2N3O6/c1-42-28-20-23(21-29(43-2)31(28)44-3)32(40)39-17-18-45-27(30(39)22-9-10-25(35)26(36)19-22)11-14-38-15-12-34(13-16-38,33(37)41)24-7-5-4-6-8-24/h9-10,19-21,24,27,30H,4-8,11-18H2,1-3H3,(H2,37,41)/t27-,30?/m1/s1. The summed E-state index contributed by atoms with van der Waals surface area (Å²) < 4.78 is 22.9. The van der Waals surface area contributed by atoms with Crippen LogP contribution in [0.25, 0.3) is 0 Å². The Balaban J connectivity index is 1.36. The molecule has 5 rings (SSSR count). The number of methoxy groups -OCH3 is 3. The molecule has 3 aliphatic rings. The molecule has 2 N–H and O–H groups in total. The van der Waals surface area contributed by atoms with Gasteiger partial charge in [0.05, 0.1) is 55.5 Å². The van der Waals surface area contributed by atoms with Crippen molar-refractivity contribution < 1.29 is 28.5 Å². The van der Waals surface area contributed by atoms with Gasteiger partial charge >= 0.3 is 0 Å². The molecule has 11 heteroatoms. The lowest BCUT2D eigenvalue weighted by Crippen LogP contribution is -2.52. The zero-order chi connectivity index (χ0) is 32.1. The first-order valence-electron chi connectivity index (χ1n) is 15.9. The Hall–Kier alpha value is -2.72. The number of nitrogens with two attached hydrogens (primary N) is 1. The van der Waals surface area contributed by atoms with Crippen molar-refractivity contribution in [3.8, 4) is 17.2 Å². The second-order valence-electron chi connectivity index (χ2n) is 12.4. The van der Waals surface area contributed by atoms with E-state index < -0.39 is 11.5 Å². The molecule has 1 saturated carbocycles. The number of morpholine rings is 1. The SMILES string of the molecule is COc1cc(C(=O)N2CCO[C@H](CCN3CCC(C(N)=O)(C4CCCCC4)CC3)C2c2ccc(Cl)c(Cl)c2)cc(OC)c1OC. The van der Waals surface area contributed by atoms with E-state index in [1.54, 1.807) is 18.2 Å². The van der Waals surface area contributed by atoms with E-state index in [1.807, 2.05) is 17.0 Å². The second kappa shape index (κ2) is 14.8. The number of nitrogens with zero attached hydrogens (tertiary/aromatic N) is 2. The molecule has 2 aliphatic heterocycles. The number of halogens is 2. The molecular formula is C34H45Cl2N3O6. The van der Waals surface area contributed by atoms with Gasteiger partial charge in [-0.2, -0.15) is 0 Å². The third-order valence-electron chi connectivity index (χ3n) is 10.2. The first kappa shape index (κ1) is 33.6. The Morgan fingerprint density at radius 2 is 1.60 bits per heavy atom. The van der Waals surface area contributed by atoms with Crippen molar-refractivity contribution >= 4 is 35.0 Å². The first-order valence-corrected chi connectivity index (χ1v) is 16.7. The van der Waals surface area contributed by atoms with Crippen LogP contribution in [0.1, 0.15) is 73.3 Å². The number of amides is 2. The monoisotopic (exact) mass is 661 g/mol. The Labute approximate surface area is 276 Å². The predicted octanol–water partition coefficient (Wildman–Crippen LogP) is 6.14. The van der Waals surface area contributed by atoms with Gasteiger partial charge in [-0.1, -0.05) is 48.5 Å². The van der Waals surface area contributed by atoms with E-state index in [1.165, 1.54) is 40.6 Å². The summed E-state index contributed by atoms with van der Waals surface area (Å²) in [6.07, 6.45) is 7.80. The topological polar surface area (TPSA) is 104 Å². The molecule has 1 unspecified atom stereocenters. The van der Waals surface area contributed by atoms with Crippen molar-refractivity contribution in [1.82, 2.24) is 9.80 Å². The van der Waals surface area contributed by atoms with Crippen molar-refractivity contribution in [1.29, 1.82) is 0 Å². The van der Waals surface area contributed by atoms with Gasteiger partial charge in [-0.25, -0.2) is 0 Å². The molecule has 0 radical (unpaired) electrons. The molecule has 246 valence electrons. The number of benzene rings is 2. The molecular weight excluding hydrogens is 617 g/mol. The third-order valence-corrected chi connectivity index (χ3v) is 10.9. The van der Waals surface area contributed by atoms with Gasteiger partial charge in [-0.3, -0.25) is 9.59 Å². The average Bonchev–Trinajstić information content (AvgIpc) is 3.07. The van der Waals surface area contributed by atoms with Gasteiger partial charge in [0.1, 0.15) is 0 Å². The van der Waals surface area contributed by atoms with Crippen LogP contribution in [0.5, 0.6) is 17.2 Å². The maximum Gasteiger partial charge on any atom is 0.254 e. The Morgan fingerprint density at radius 3 is 2.18 bits per heavy atom. The minimum absolute atomic E-state index is 0.134. The Morgan fingerprint density at radius 1 is 0.933 bits per heavy atom. The number of carbonyl (C=O) groups excluding carboxylic acids is 2. The Kier molecular flexibility index (Phi) is 11.1. The van der Waals surface area contributed by atoms with E-state index in [0.717, 1.165) is 50.9 Å². The van der Waals surface area contributed by atoms with Crippen molar-refractivity contribution in [2.45, 2.75) is 63.5 Å². The number of likely N-dealkylation sites (tertiary alicyclic amines) is 1. The number of hydrogen-bond acceptors (Lipinski definition) is 7. The summed E-state index contributed by atoms with van der Waals surface area (Å²) in [7, 11) is 4.58. The number of primary amides is 1. The minimum atomic E-state index is -0.406. The van der Waals surface area contributed by atoms with Crippen molar-refractivity contribution in [2.75, 3.05) is 54.1 Å². The van der Waals surface area contributed by atoms with Gasteiger partial charge in [-0.15, -0.1) is 0 Å². The van der Waals surface area contributed by atoms with Crippen LogP contribution in [0.4, 0.5) is 0 Å². The van der Waals surface area contributed by atoms with Crippen LogP contribution in [0.2, 0.25) is 10.0 Å². The fraction of sp³-hybridized carbons (Fsp3) is 0.588. The van der Waals surface area contributed by atoms with Gasteiger partial charge in [0, 0.05) is 18.7 Å². The smallest absolute Gasteiger partial charge is 0.254 e. The van der Waals surface area contributed by atoms with Gasteiger partial charge in [-0.05, 0) is 80.9 Å². The van der Waals surface area contributed by atoms with E-state index >= 15 is 0 Å². The molecule has 2 aromatic rings. The van der Waals surface area contributed by atoms with Crippen molar-refractivity contribution in [3.63, 3.8) is 0 Å². The van der Waals surface area contributed by atoms with Crippen molar-refractivity contribution in [2.24, 2.45) is 17.1 Å². The third kappa shape index (κ3) is 7.02. The second-order valence-corrected chi connectivity index (χ2v) is 13.2. The fourth-order valence-electron chi connectivity index (χ4n) is 7.66. The summed E-state index contributed by atoms with van der Waals surface area (Å²) in [5.74, 6) is 1.30. The lowest BCUT2D eigenvalue weighted by molar-refractivity contribution is -0.136. The van der Waals surface area contributed by atoms with Crippen molar-refractivity contribution in [3.05, 3.63) is 51.5 Å². The highest BCUT2D eigenvalue weighted by Gasteiger charge is 2.46. The molecule has 2 saturated heterocycles. The van der Waals surface area contributed by atoms with E-state index in [-0.39, 0.29) is 17.9 Å². The van der Waals surface area contributed by atoms with E-state index in [4.69, 9.17) is 47.9 Å². The zero-order valence-corrected chi connectivity index (χ0v) is 28.0. The number of rotatable bonds is 10. The van der Waals surface area contributed by atoms with Crippen LogP contribution in [0.3, 0.4) is 0 Å².